The van der Waals surface area contributed by atoms with Crippen molar-refractivity contribution < 1.29 is 14.3 Å². The lowest BCUT2D eigenvalue weighted by Crippen LogP contribution is -2.28. The minimum Gasteiger partial charge on any atom is -0.497 e. The van der Waals surface area contributed by atoms with Gasteiger partial charge in [-0.1, -0.05) is 29.8 Å². The molecule has 30 heavy (non-hydrogen) atoms. The fourth-order valence-corrected chi connectivity index (χ4v) is 2.99. The van der Waals surface area contributed by atoms with E-state index in [-0.39, 0.29) is 17.7 Å². The molecule has 0 heterocycles. The Labute approximate surface area is 178 Å². The molecule has 0 aliphatic rings. The Morgan fingerprint density at radius 2 is 1.87 bits per heavy atom. The van der Waals surface area contributed by atoms with Crippen LogP contribution in [0.15, 0.2) is 54.2 Å². The lowest BCUT2D eigenvalue weighted by Gasteiger charge is -2.18. The number of nitrogens with zero attached hydrogens (tertiary/aromatic N) is 1. The standard InChI is InChI=1S/C24H29N3O3/c1-6-30-23-12-7-16(2)13-22(23)18(4)26-15-20(14-25)24(28)27-17(3)19-8-10-21(29-5)11-9-19/h7-13,15,17-18,26H,6H2,1-5H3,(H,27,28)/b20-15-. The van der Waals surface area contributed by atoms with Crippen LogP contribution in [0.1, 0.15) is 49.5 Å². The summed E-state index contributed by atoms with van der Waals surface area (Å²) in [7, 11) is 1.60. The molecule has 2 rings (SSSR count). The van der Waals surface area contributed by atoms with Crippen molar-refractivity contribution in [1.82, 2.24) is 10.6 Å². The number of carbonyl (C=O) groups excluding carboxylic acids is 1. The highest BCUT2D eigenvalue weighted by molar-refractivity contribution is 5.97. The van der Waals surface area contributed by atoms with Gasteiger partial charge in [0.05, 0.1) is 25.8 Å². The van der Waals surface area contributed by atoms with E-state index < -0.39 is 5.91 Å². The first kappa shape index (κ1) is 22.8. The minimum absolute atomic E-state index is 0.00725. The van der Waals surface area contributed by atoms with E-state index >= 15 is 0 Å². The number of amides is 1. The van der Waals surface area contributed by atoms with Gasteiger partial charge in [0.1, 0.15) is 23.1 Å². The first-order chi connectivity index (χ1) is 14.4. The Kier molecular flexibility index (Phi) is 8.30. The summed E-state index contributed by atoms with van der Waals surface area (Å²) in [6.07, 6.45) is 1.46. The fraction of sp³-hybridized carbons (Fsp3) is 0.333. The quantitative estimate of drug-likeness (QED) is 0.477. The smallest absolute Gasteiger partial charge is 0.263 e. The maximum absolute atomic E-state index is 12.6. The van der Waals surface area contributed by atoms with E-state index in [2.05, 4.69) is 10.6 Å². The number of nitrogens with one attached hydrogen (secondary N) is 2. The first-order valence-electron chi connectivity index (χ1n) is 9.94. The third-order valence-corrected chi connectivity index (χ3v) is 4.74. The SMILES string of the molecule is CCOc1ccc(C)cc1C(C)N/C=C(/C#N)C(=O)NC(C)c1ccc(OC)cc1. The fourth-order valence-electron chi connectivity index (χ4n) is 2.99. The average molecular weight is 408 g/mol. The van der Waals surface area contributed by atoms with Gasteiger partial charge in [0.15, 0.2) is 0 Å². The molecule has 0 saturated carbocycles. The maximum Gasteiger partial charge on any atom is 0.263 e. The van der Waals surface area contributed by atoms with Crippen LogP contribution in [-0.2, 0) is 4.79 Å². The molecule has 0 spiro atoms. The second kappa shape index (κ2) is 10.9. The van der Waals surface area contributed by atoms with Crippen molar-refractivity contribution in [1.29, 1.82) is 5.26 Å². The zero-order chi connectivity index (χ0) is 22.1. The topological polar surface area (TPSA) is 83.4 Å². The summed E-state index contributed by atoms with van der Waals surface area (Å²) in [6, 6.07) is 15.0. The predicted molar refractivity (Wildman–Crippen MR) is 117 cm³/mol. The minimum atomic E-state index is -0.435. The molecule has 2 atom stereocenters. The van der Waals surface area contributed by atoms with Crippen LogP contribution < -0.4 is 20.1 Å². The zero-order valence-corrected chi connectivity index (χ0v) is 18.2. The van der Waals surface area contributed by atoms with Gasteiger partial charge >= 0.3 is 0 Å². The Morgan fingerprint density at radius 3 is 2.47 bits per heavy atom. The number of benzene rings is 2. The average Bonchev–Trinajstić information content (AvgIpc) is 2.75. The molecular weight excluding hydrogens is 378 g/mol. The molecule has 0 radical (unpaired) electrons. The third-order valence-electron chi connectivity index (χ3n) is 4.74. The number of hydrogen-bond donors (Lipinski definition) is 2. The molecule has 0 aromatic heterocycles. The summed E-state index contributed by atoms with van der Waals surface area (Å²) >= 11 is 0. The second-order valence-electron chi connectivity index (χ2n) is 7.00. The van der Waals surface area contributed by atoms with Crippen LogP contribution in [0.5, 0.6) is 11.5 Å². The lowest BCUT2D eigenvalue weighted by molar-refractivity contribution is -0.117. The number of carbonyl (C=O) groups is 1. The molecule has 0 saturated heterocycles. The largest absolute Gasteiger partial charge is 0.497 e. The Hall–Kier alpha value is -3.46. The third kappa shape index (κ3) is 6.02. The van der Waals surface area contributed by atoms with Gasteiger partial charge in [0, 0.05) is 11.8 Å². The van der Waals surface area contributed by atoms with E-state index in [1.165, 1.54) is 6.20 Å². The summed E-state index contributed by atoms with van der Waals surface area (Å²) in [5, 5.41) is 15.5. The van der Waals surface area contributed by atoms with Crippen LogP contribution >= 0.6 is 0 Å². The van der Waals surface area contributed by atoms with E-state index in [0.29, 0.717) is 6.61 Å². The summed E-state index contributed by atoms with van der Waals surface area (Å²) in [5.41, 5.74) is 3.01. The van der Waals surface area contributed by atoms with Crippen molar-refractivity contribution in [3.05, 3.63) is 70.9 Å². The number of methoxy groups -OCH3 is 1. The van der Waals surface area contributed by atoms with Gasteiger partial charge in [-0.2, -0.15) is 5.26 Å². The van der Waals surface area contributed by atoms with Gasteiger partial charge in [-0.15, -0.1) is 0 Å². The highest BCUT2D eigenvalue weighted by Gasteiger charge is 2.16. The molecule has 6 heteroatoms. The van der Waals surface area contributed by atoms with E-state index in [0.717, 1.165) is 28.2 Å². The molecule has 0 aliphatic heterocycles. The van der Waals surface area contributed by atoms with Crippen molar-refractivity contribution in [2.24, 2.45) is 0 Å². The number of hydrogen-bond acceptors (Lipinski definition) is 5. The van der Waals surface area contributed by atoms with Crippen molar-refractivity contribution >= 4 is 5.91 Å². The molecular formula is C24H29N3O3. The maximum atomic E-state index is 12.6. The number of aryl methyl sites for hydroxylation is 1. The number of nitriles is 1. The van der Waals surface area contributed by atoms with Crippen LogP contribution in [0.25, 0.3) is 0 Å². The highest BCUT2D eigenvalue weighted by atomic mass is 16.5. The van der Waals surface area contributed by atoms with E-state index in [1.807, 2.05) is 76.2 Å². The molecule has 2 N–H and O–H groups in total. The van der Waals surface area contributed by atoms with Crippen molar-refractivity contribution in [2.45, 2.75) is 39.8 Å². The monoisotopic (exact) mass is 407 g/mol. The molecule has 1 amide bonds. The number of ether oxygens (including phenoxy) is 2. The van der Waals surface area contributed by atoms with Crippen LogP contribution in [0, 0.1) is 18.3 Å². The molecule has 158 valence electrons. The van der Waals surface area contributed by atoms with Crippen molar-refractivity contribution in [2.75, 3.05) is 13.7 Å². The Balaban J connectivity index is 2.08. The van der Waals surface area contributed by atoms with Gasteiger partial charge in [0.25, 0.3) is 5.91 Å². The lowest BCUT2D eigenvalue weighted by atomic mass is 10.0. The summed E-state index contributed by atoms with van der Waals surface area (Å²) < 4.78 is 10.8. The second-order valence-corrected chi connectivity index (χ2v) is 7.00. The van der Waals surface area contributed by atoms with Crippen LogP contribution in [0.2, 0.25) is 0 Å². The van der Waals surface area contributed by atoms with Crippen LogP contribution in [-0.4, -0.2) is 19.6 Å². The summed E-state index contributed by atoms with van der Waals surface area (Å²) in [6.45, 7) is 8.33. The van der Waals surface area contributed by atoms with E-state index in [1.54, 1.807) is 7.11 Å². The molecule has 2 aromatic rings. The van der Waals surface area contributed by atoms with Gasteiger partial charge in [-0.3, -0.25) is 4.79 Å². The molecule has 2 aromatic carbocycles. The van der Waals surface area contributed by atoms with Crippen LogP contribution in [0.4, 0.5) is 0 Å². The van der Waals surface area contributed by atoms with E-state index in [9.17, 15) is 10.1 Å². The normalized spacial score (nSPS) is 13.0. The van der Waals surface area contributed by atoms with Crippen LogP contribution in [0.3, 0.4) is 0 Å². The predicted octanol–water partition coefficient (Wildman–Crippen LogP) is 4.34. The van der Waals surface area contributed by atoms with Crippen molar-refractivity contribution in [3.63, 3.8) is 0 Å². The van der Waals surface area contributed by atoms with Gasteiger partial charge in [-0.05, 0) is 51.5 Å². The van der Waals surface area contributed by atoms with Crippen molar-refractivity contribution in [3.8, 4) is 17.6 Å². The molecule has 0 bridgehead atoms. The van der Waals surface area contributed by atoms with E-state index in [4.69, 9.17) is 9.47 Å². The number of rotatable bonds is 9. The van der Waals surface area contributed by atoms with Gasteiger partial charge in [0.2, 0.25) is 0 Å². The summed E-state index contributed by atoms with van der Waals surface area (Å²) in [4.78, 5) is 12.6. The molecule has 0 aliphatic carbocycles. The molecule has 6 nitrogen and oxygen atoms in total. The Morgan fingerprint density at radius 1 is 1.17 bits per heavy atom. The summed E-state index contributed by atoms with van der Waals surface area (Å²) in [5.74, 6) is 1.10. The van der Waals surface area contributed by atoms with Gasteiger partial charge < -0.3 is 20.1 Å². The molecule has 2 unspecified atom stereocenters. The molecule has 0 fully saturated rings. The van der Waals surface area contributed by atoms with Gasteiger partial charge in [-0.25, -0.2) is 0 Å². The first-order valence-corrected chi connectivity index (χ1v) is 9.94. The highest BCUT2D eigenvalue weighted by Crippen LogP contribution is 2.26. The Bertz CT molecular complexity index is 930. The zero-order valence-electron chi connectivity index (χ0n) is 18.2.